The van der Waals surface area contributed by atoms with E-state index in [-0.39, 0.29) is 0 Å². The molecule has 94 valence electrons. The first-order valence-corrected chi connectivity index (χ1v) is 7.41. The molecule has 1 saturated heterocycles. The first-order valence-electron chi connectivity index (χ1n) is 7.41. The molecule has 0 bridgehead atoms. The van der Waals surface area contributed by atoms with Gasteiger partial charge in [-0.3, -0.25) is 0 Å². The van der Waals surface area contributed by atoms with E-state index in [1.54, 1.807) is 0 Å². The fraction of sp³-hybridized carbons (Fsp3) is 1.00. The summed E-state index contributed by atoms with van der Waals surface area (Å²) in [5, 5.41) is 3.68. The summed E-state index contributed by atoms with van der Waals surface area (Å²) in [6.45, 7) is 7.19. The second-order valence-electron chi connectivity index (χ2n) is 6.59. The van der Waals surface area contributed by atoms with Crippen LogP contribution in [0.2, 0.25) is 0 Å². The average Bonchev–Trinajstić information content (AvgIpc) is 2.41. The van der Waals surface area contributed by atoms with Crippen LogP contribution in [0.4, 0.5) is 0 Å². The second-order valence-corrected chi connectivity index (χ2v) is 6.59. The molecule has 0 amide bonds. The molecule has 0 aromatic rings. The first kappa shape index (κ1) is 12.4. The van der Waals surface area contributed by atoms with E-state index < -0.39 is 0 Å². The molecule has 1 aliphatic carbocycles. The van der Waals surface area contributed by atoms with Crippen molar-refractivity contribution in [3.8, 4) is 0 Å². The molecule has 2 aliphatic rings. The summed E-state index contributed by atoms with van der Waals surface area (Å²) in [7, 11) is 0. The van der Waals surface area contributed by atoms with Gasteiger partial charge in [0.25, 0.3) is 0 Å². The molecule has 0 spiro atoms. The zero-order valence-corrected chi connectivity index (χ0v) is 11.3. The molecule has 0 radical (unpaired) electrons. The monoisotopic (exact) mass is 223 g/mol. The van der Waals surface area contributed by atoms with E-state index in [0.717, 1.165) is 29.8 Å². The van der Waals surface area contributed by atoms with Gasteiger partial charge in [-0.15, -0.1) is 0 Å². The van der Waals surface area contributed by atoms with Gasteiger partial charge in [0.1, 0.15) is 0 Å². The summed E-state index contributed by atoms with van der Waals surface area (Å²) in [5.41, 5.74) is 0. The SMILES string of the molecule is CC1CCCCC(C2CC(C)NC(C)C2)C1. The molecule has 4 unspecified atom stereocenters. The highest BCUT2D eigenvalue weighted by Gasteiger charge is 2.30. The highest BCUT2D eigenvalue weighted by Crippen LogP contribution is 2.37. The lowest BCUT2D eigenvalue weighted by Gasteiger charge is -2.38. The van der Waals surface area contributed by atoms with Gasteiger partial charge < -0.3 is 5.32 Å². The van der Waals surface area contributed by atoms with E-state index in [1.165, 1.54) is 44.9 Å². The minimum atomic E-state index is 0.743. The molecule has 16 heavy (non-hydrogen) atoms. The number of rotatable bonds is 1. The highest BCUT2D eigenvalue weighted by molar-refractivity contribution is 4.86. The zero-order valence-electron chi connectivity index (χ0n) is 11.3. The summed E-state index contributed by atoms with van der Waals surface area (Å²) in [6, 6.07) is 1.49. The van der Waals surface area contributed by atoms with Crippen molar-refractivity contribution >= 4 is 0 Å². The average molecular weight is 223 g/mol. The molecule has 4 atom stereocenters. The maximum Gasteiger partial charge on any atom is 0.00439 e. The van der Waals surface area contributed by atoms with E-state index >= 15 is 0 Å². The van der Waals surface area contributed by atoms with Gasteiger partial charge in [0.15, 0.2) is 0 Å². The molecule has 1 heterocycles. The van der Waals surface area contributed by atoms with Gasteiger partial charge in [-0.25, -0.2) is 0 Å². The fourth-order valence-electron chi connectivity index (χ4n) is 4.09. The van der Waals surface area contributed by atoms with Crippen LogP contribution < -0.4 is 5.32 Å². The van der Waals surface area contributed by atoms with Gasteiger partial charge >= 0.3 is 0 Å². The smallest absolute Gasteiger partial charge is 0.00439 e. The van der Waals surface area contributed by atoms with Crippen molar-refractivity contribution in [1.29, 1.82) is 0 Å². The standard InChI is InChI=1S/C15H29N/c1-11-6-4-5-7-14(8-11)15-9-12(2)16-13(3)10-15/h11-16H,4-10H2,1-3H3. The molecule has 1 aliphatic heterocycles. The van der Waals surface area contributed by atoms with Gasteiger partial charge in [0.05, 0.1) is 0 Å². The third-order valence-electron chi connectivity index (χ3n) is 4.78. The third kappa shape index (κ3) is 3.23. The maximum atomic E-state index is 3.68. The van der Waals surface area contributed by atoms with Gasteiger partial charge in [0, 0.05) is 12.1 Å². The van der Waals surface area contributed by atoms with Crippen molar-refractivity contribution < 1.29 is 0 Å². The molecule has 1 heteroatoms. The Labute approximate surface area is 101 Å². The Bertz CT molecular complexity index is 203. The lowest BCUT2D eigenvalue weighted by Crippen LogP contribution is -2.44. The molecule has 2 rings (SSSR count). The van der Waals surface area contributed by atoms with Crippen LogP contribution in [0.1, 0.15) is 65.7 Å². The summed E-state index contributed by atoms with van der Waals surface area (Å²) in [5.74, 6) is 3.02. The molecule has 1 nitrogen and oxygen atoms in total. The normalized spacial score (nSPS) is 46.3. The van der Waals surface area contributed by atoms with Gasteiger partial charge in [-0.05, 0) is 50.9 Å². The Morgan fingerprint density at radius 1 is 0.750 bits per heavy atom. The van der Waals surface area contributed by atoms with E-state index in [9.17, 15) is 0 Å². The van der Waals surface area contributed by atoms with Crippen molar-refractivity contribution in [2.45, 2.75) is 77.8 Å². The van der Waals surface area contributed by atoms with Crippen LogP contribution in [0.5, 0.6) is 0 Å². The van der Waals surface area contributed by atoms with Crippen molar-refractivity contribution in [1.82, 2.24) is 5.32 Å². The Morgan fingerprint density at radius 2 is 1.38 bits per heavy atom. The molecular formula is C15H29N. The van der Waals surface area contributed by atoms with Crippen LogP contribution in [0.15, 0.2) is 0 Å². The van der Waals surface area contributed by atoms with Crippen molar-refractivity contribution in [2.24, 2.45) is 17.8 Å². The van der Waals surface area contributed by atoms with E-state index in [0.29, 0.717) is 0 Å². The molecule has 1 saturated carbocycles. The molecule has 0 aromatic carbocycles. The number of piperidine rings is 1. The molecule has 0 aromatic heterocycles. The number of nitrogens with one attached hydrogen (secondary N) is 1. The lowest BCUT2D eigenvalue weighted by atomic mass is 9.75. The topological polar surface area (TPSA) is 12.0 Å². The van der Waals surface area contributed by atoms with Gasteiger partial charge in [-0.1, -0.05) is 32.6 Å². The quantitative estimate of drug-likeness (QED) is 0.663. The van der Waals surface area contributed by atoms with E-state index in [4.69, 9.17) is 0 Å². The van der Waals surface area contributed by atoms with Crippen LogP contribution in [-0.4, -0.2) is 12.1 Å². The van der Waals surface area contributed by atoms with Crippen molar-refractivity contribution in [3.63, 3.8) is 0 Å². The number of hydrogen-bond acceptors (Lipinski definition) is 1. The molecule has 1 N–H and O–H groups in total. The fourth-order valence-corrected chi connectivity index (χ4v) is 4.09. The van der Waals surface area contributed by atoms with Crippen LogP contribution in [0, 0.1) is 17.8 Å². The Balaban J connectivity index is 1.93. The summed E-state index contributed by atoms with van der Waals surface area (Å²) < 4.78 is 0. The van der Waals surface area contributed by atoms with Crippen molar-refractivity contribution in [3.05, 3.63) is 0 Å². The minimum absolute atomic E-state index is 0.743. The summed E-state index contributed by atoms with van der Waals surface area (Å²) >= 11 is 0. The van der Waals surface area contributed by atoms with Crippen molar-refractivity contribution in [2.75, 3.05) is 0 Å². The Kier molecular flexibility index (Phi) is 4.29. The highest BCUT2D eigenvalue weighted by atomic mass is 15.0. The molecule has 2 fully saturated rings. The summed E-state index contributed by atoms with van der Waals surface area (Å²) in [6.07, 6.45) is 10.3. The maximum absolute atomic E-state index is 3.68. The van der Waals surface area contributed by atoms with Crippen LogP contribution >= 0.6 is 0 Å². The Hall–Kier alpha value is -0.0400. The molecular weight excluding hydrogens is 194 g/mol. The third-order valence-corrected chi connectivity index (χ3v) is 4.78. The zero-order chi connectivity index (χ0) is 11.5. The summed E-state index contributed by atoms with van der Waals surface area (Å²) in [4.78, 5) is 0. The van der Waals surface area contributed by atoms with Crippen LogP contribution in [0.3, 0.4) is 0 Å². The van der Waals surface area contributed by atoms with E-state index in [2.05, 4.69) is 26.1 Å². The Morgan fingerprint density at radius 3 is 2.06 bits per heavy atom. The first-order chi connectivity index (χ1) is 7.65. The van der Waals surface area contributed by atoms with Crippen LogP contribution in [-0.2, 0) is 0 Å². The predicted octanol–water partition coefficient (Wildman–Crippen LogP) is 3.98. The predicted molar refractivity (Wildman–Crippen MR) is 70.5 cm³/mol. The van der Waals surface area contributed by atoms with Gasteiger partial charge in [0.2, 0.25) is 0 Å². The minimum Gasteiger partial charge on any atom is -0.312 e. The number of hydrogen-bond donors (Lipinski definition) is 1. The van der Waals surface area contributed by atoms with Gasteiger partial charge in [-0.2, -0.15) is 0 Å². The largest absolute Gasteiger partial charge is 0.312 e. The van der Waals surface area contributed by atoms with Crippen LogP contribution in [0.25, 0.3) is 0 Å². The van der Waals surface area contributed by atoms with E-state index in [1.807, 2.05) is 0 Å². The second kappa shape index (κ2) is 5.53. The lowest BCUT2D eigenvalue weighted by molar-refractivity contribution is 0.170.